The Morgan fingerprint density at radius 2 is 1.71 bits per heavy atom. The molecule has 1 fully saturated rings. The second-order valence-corrected chi connectivity index (χ2v) is 13.9. The number of allylic oxidation sites excluding steroid dienone is 1. The SMILES string of the molecule is C=C[C@H]1OC(=O)[C@H](C)C(=O)[C@H](C)[C@@H](O[C@@H]2O[C@H](C)C[C@H](N(C)C)[C@H]2OC(=O)c2ccccc2)[C@](C)(OC)C[C@@H](C)C(=O)/C(C)=C/[C@]1(C)O. The quantitative estimate of drug-likeness (QED) is 0.252. The maximum atomic E-state index is 14.1. The van der Waals surface area contributed by atoms with Crippen LogP contribution in [0.1, 0.15) is 71.7 Å². The zero-order valence-electron chi connectivity index (χ0n) is 29.9. The van der Waals surface area contributed by atoms with Crippen LogP contribution in [0.5, 0.6) is 0 Å². The number of methoxy groups -OCH3 is 1. The van der Waals surface area contributed by atoms with Crippen LogP contribution < -0.4 is 0 Å². The van der Waals surface area contributed by atoms with Crippen molar-refractivity contribution in [1.29, 1.82) is 0 Å². The fourth-order valence-corrected chi connectivity index (χ4v) is 6.76. The van der Waals surface area contributed by atoms with Gasteiger partial charge < -0.3 is 33.7 Å². The molecule has 3 rings (SSSR count). The Morgan fingerprint density at radius 1 is 1.08 bits per heavy atom. The number of rotatable bonds is 7. The van der Waals surface area contributed by atoms with Gasteiger partial charge in [0.15, 0.2) is 30.1 Å². The van der Waals surface area contributed by atoms with Crippen molar-refractivity contribution in [3.63, 3.8) is 0 Å². The molecule has 11 heteroatoms. The van der Waals surface area contributed by atoms with Crippen molar-refractivity contribution in [2.45, 2.75) is 109 Å². The van der Waals surface area contributed by atoms with Crippen molar-refractivity contribution < 1.29 is 48.0 Å². The van der Waals surface area contributed by atoms with Crippen LogP contribution >= 0.6 is 0 Å². The van der Waals surface area contributed by atoms with E-state index in [9.17, 15) is 24.3 Å². The molecule has 48 heavy (non-hydrogen) atoms. The lowest BCUT2D eigenvalue weighted by Gasteiger charge is -2.47. The summed E-state index contributed by atoms with van der Waals surface area (Å²) in [5.41, 5.74) is -2.44. The number of carbonyl (C=O) groups excluding carboxylic acids is 4. The molecule has 0 radical (unpaired) electrons. The zero-order valence-corrected chi connectivity index (χ0v) is 29.9. The average Bonchev–Trinajstić information content (AvgIpc) is 3.04. The molecule has 1 N–H and O–H groups in total. The summed E-state index contributed by atoms with van der Waals surface area (Å²) in [6.07, 6.45) is -1.43. The summed E-state index contributed by atoms with van der Waals surface area (Å²) in [7, 11) is 5.22. The minimum absolute atomic E-state index is 0.107. The van der Waals surface area contributed by atoms with Crippen LogP contribution in [0.2, 0.25) is 0 Å². The molecule has 1 aromatic rings. The van der Waals surface area contributed by atoms with Gasteiger partial charge in [-0.15, -0.1) is 0 Å². The molecule has 266 valence electrons. The zero-order chi connectivity index (χ0) is 36.1. The highest BCUT2D eigenvalue weighted by molar-refractivity contribution is 6.00. The highest BCUT2D eigenvalue weighted by Gasteiger charge is 2.51. The molecule has 2 aliphatic rings. The number of ketones is 2. The van der Waals surface area contributed by atoms with E-state index < -0.39 is 71.3 Å². The molecule has 0 aromatic heterocycles. The Morgan fingerprint density at radius 3 is 2.27 bits per heavy atom. The van der Waals surface area contributed by atoms with E-state index >= 15 is 0 Å². The van der Waals surface area contributed by atoms with Crippen molar-refractivity contribution in [3.05, 3.63) is 60.2 Å². The Kier molecular flexibility index (Phi) is 13.1. The van der Waals surface area contributed by atoms with Gasteiger partial charge in [0.25, 0.3) is 0 Å². The number of cyclic esters (lactones) is 1. The van der Waals surface area contributed by atoms with E-state index in [4.69, 9.17) is 23.7 Å². The molecule has 0 saturated carbocycles. The van der Waals surface area contributed by atoms with Gasteiger partial charge in [-0.1, -0.05) is 38.6 Å². The van der Waals surface area contributed by atoms with Gasteiger partial charge in [0, 0.05) is 18.9 Å². The van der Waals surface area contributed by atoms with Crippen LogP contribution in [0.25, 0.3) is 0 Å². The lowest BCUT2D eigenvalue weighted by molar-refractivity contribution is -0.294. The standard InChI is InChI=1S/C37H53NO10/c1-12-28-36(7,43)19-21(2)29(39)22(3)20-37(8,44-11)32(24(5)30(40)25(6)33(41)46-28)48-35-31(27(38(9)10)18-23(4)45-35)47-34(42)26-16-14-13-15-17-26/h12-17,19,22-25,27-28,31-32,35,43H,1,18,20H2,2-11H3/b21-19+/t22-,23-,24+,25-,27+,28-,31-,32-,35+,36+,37-/m1/s1. The summed E-state index contributed by atoms with van der Waals surface area (Å²) in [4.78, 5) is 56.4. The van der Waals surface area contributed by atoms with Crippen LogP contribution in [0, 0.1) is 17.8 Å². The first-order valence-corrected chi connectivity index (χ1v) is 16.5. The molecule has 2 heterocycles. The second kappa shape index (κ2) is 16.0. The van der Waals surface area contributed by atoms with E-state index in [1.165, 1.54) is 33.1 Å². The smallest absolute Gasteiger partial charge is 0.338 e. The minimum atomic E-state index is -1.77. The van der Waals surface area contributed by atoms with E-state index in [0.29, 0.717) is 12.0 Å². The third-order valence-electron chi connectivity index (χ3n) is 9.63. The number of aliphatic hydroxyl groups is 1. The van der Waals surface area contributed by atoms with Gasteiger partial charge in [-0.2, -0.15) is 0 Å². The highest BCUT2D eigenvalue weighted by atomic mass is 16.7. The lowest BCUT2D eigenvalue weighted by atomic mass is 9.77. The number of carbonyl (C=O) groups is 4. The largest absolute Gasteiger partial charge is 0.454 e. The van der Waals surface area contributed by atoms with E-state index in [1.54, 1.807) is 58.0 Å². The highest BCUT2D eigenvalue weighted by Crippen LogP contribution is 2.38. The normalized spacial score (nSPS) is 38.4. The number of Topliss-reactive ketones (excluding diaryl/α,β-unsaturated/α-hetero) is 2. The van der Waals surface area contributed by atoms with Gasteiger partial charge in [-0.3, -0.25) is 14.4 Å². The number of benzene rings is 1. The molecule has 11 nitrogen and oxygen atoms in total. The van der Waals surface area contributed by atoms with Crippen LogP contribution in [0.15, 0.2) is 54.6 Å². The van der Waals surface area contributed by atoms with Crippen molar-refractivity contribution >= 4 is 23.5 Å². The second-order valence-electron chi connectivity index (χ2n) is 13.9. The fraction of sp³-hybridized carbons (Fsp3) is 0.622. The number of nitrogens with zero attached hydrogens (tertiary/aromatic N) is 1. The lowest BCUT2D eigenvalue weighted by Crippen LogP contribution is -2.60. The third-order valence-corrected chi connectivity index (χ3v) is 9.63. The van der Waals surface area contributed by atoms with Crippen molar-refractivity contribution in [2.75, 3.05) is 21.2 Å². The summed E-state index contributed by atoms with van der Waals surface area (Å²) >= 11 is 0. The Hall–Kier alpha value is -3.22. The minimum Gasteiger partial charge on any atom is -0.454 e. The summed E-state index contributed by atoms with van der Waals surface area (Å²) in [5.74, 6) is -5.12. The summed E-state index contributed by atoms with van der Waals surface area (Å²) in [5, 5.41) is 11.2. The van der Waals surface area contributed by atoms with Gasteiger partial charge in [0.1, 0.15) is 11.5 Å². The molecule has 1 aromatic carbocycles. The van der Waals surface area contributed by atoms with Crippen molar-refractivity contribution in [2.24, 2.45) is 17.8 Å². The van der Waals surface area contributed by atoms with Crippen LogP contribution in [0.4, 0.5) is 0 Å². The molecular weight excluding hydrogens is 618 g/mol. The Balaban J connectivity index is 2.13. The number of hydrogen-bond acceptors (Lipinski definition) is 11. The van der Waals surface area contributed by atoms with Gasteiger partial charge >= 0.3 is 11.9 Å². The Labute approximate surface area is 284 Å². The molecule has 2 aliphatic heterocycles. The first kappa shape index (κ1) is 39.2. The van der Waals surface area contributed by atoms with E-state index in [1.807, 2.05) is 25.9 Å². The molecule has 0 unspecified atom stereocenters. The third kappa shape index (κ3) is 8.87. The van der Waals surface area contributed by atoms with Crippen molar-refractivity contribution in [1.82, 2.24) is 4.90 Å². The predicted octanol–water partition coefficient (Wildman–Crippen LogP) is 4.31. The van der Waals surface area contributed by atoms with Gasteiger partial charge in [0.2, 0.25) is 0 Å². The monoisotopic (exact) mass is 671 g/mol. The van der Waals surface area contributed by atoms with Crippen LogP contribution in [-0.4, -0.2) is 103 Å². The average molecular weight is 672 g/mol. The number of likely N-dealkylation sites (N-methyl/N-ethyl adjacent to an activating group) is 1. The van der Waals surface area contributed by atoms with E-state index in [2.05, 4.69) is 6.58 Å². The maximum Gasteiger partial charge on any atom is 0.338 e. The van der Waals surface area contributed by atoms with Gasteiger partial charge in [-0.05, 0) is 91.4 Å². The van der Waals surface area contributed by atoms with E-state index in [-0.39, 0.29) is 29.9 Å². The number of hydrogen-bond donors (Lipinski definition) is 1. The summed E-state index contributed by atoms with van der Waals surface area (Å²) < 4.78 is 30.8. The number of esters is 2. The molecule has 11 atom stereocenters. The molecule has 0 bridgehead atoms. The summed E-state index contributed by atoms with van der Waals surface area (Å²) in [6.45, 7) is 15.1. The summed E-state index contributed by atoms with van der Waals surface area (Å²) in [6, 6.07) is 8.28. The molecular formula is C37H53NO10. The van der Waals surface area contributed by atoms with Crippen LogP contribution in [-0.2, 0) is 38.1 Å². The predicted molar refractivity (Wildman–Crippen MR) is 179 cm³/mol. The topological polar surface area (TPSA) is 138 Å². The Bertz CT molecular complexity index is 1360. The number of ether oxygens (including phenoxy) is 5. The molecule has 0 spiro atoms. The molecule has 1 saturated heterocycles. The van der Waals surface area contributed by atoms with Gasteiger partial charge in [0.05, 0.1) is 29.4 Å². The van der Waals surface area contributed by atoms with Crippen LogP contribution in [0.3, 0.4) is 0 Å². The first-order chi connectivity index (χ1) is 22.4. The first-order valence-electron chi connectivity index (χ1n) is 16.5. The van der Waals surface area contributed by atoms with E-state index in [0.717, 1.165) is 0 Å². The fourth-order valence-electron chi connectivity index (χ4n) is 6.76. The molecule has 0 aliphatic carbocycles. The molecule has 0 amide bonds. The van der Waals surface area contributed by atoms with Crippen molar-refractivity contribution in [3.8, 4) is 0 Å². The maximum absolute atomic E-state index is 14.1. The van der Waals surface area contributed by atoms with Gasteiger partial charge in [-0.25, -0.2) is 4.79 Å².